The Kier molecular flexibility index (Phi) is 4.41. The number of rotatable bonds is 4. The van der Waals surface area contributed by atoms with Crippen molar-refractivity contribution in [2.45, 2.75) is 58.0 Å². The molecule has 0 bridgehead atoms. The Bertz CT molecular complexity index is 919. The van der Waals surface area contributed by atoms with Gasteiger partial charge in [-0.1, -0.05) is 25.5 Å². The SMILES string of the molecule is COC(=O)[C@@H]1CC2=CC(=O)C=C[C@]2(C)[C@H]2CC[C@@]3(C)[C@@H]([C@@H]4C[C@@H]4[C@]3(O)CCC(=O)O)[C@H]12. The number of hydrogen-bond donors (Lipinski definition) is 2. The minimum Gasteiger partial charge on any atom is -0.481 e. The molecule has 2 N–H and O–H groups in total. The predicted octanol–water partition coefficient (Wildman–Crippen LogP) is 3.15. The second-order valence-electron chi connectivity index (χ2n) is 11.0. The zero-order valence-corrected chi connectivity index (χ0v) is 18.5. The van der Waals surface area contributed by atoms with Gasteiger partial charge < -0.3 is 14.9 Å². The molecule has 0 aliphatic heterocycles. The Morgan fingerprint density at radius 3 is 2.68 bits per heavy atom. The highest BCUT2D eigenvalue weighted by Gasteiger charge is 2.77. The van der Waals surface area contributed by atoms with E-state index in [1.165, 1.54) is 7.11 Å². The van der Waals surface area contributed by atoms with E-state index in [2.05, 4.69) is 13.8 Å². The molecule has 0 aromatic carbocycles. The third kappa shape index (κ3) is 2.63. The summed E-state index contributed by atoms with van der Waals surface area (Å²) in [5.41, 5.74) is -0.653. The van der Waals surface area contributed by atoms with Gasteiger partial charge in [0.2, 0.25) is 0 Å². The fourth-order valence-electron chi connectivity index (χ4n) is 8.48. The molecule has 0 aromatic rings. The number of carboxylic acid groups (broad SMARTS) is 1. The first kappa shape index (κ1) is 20.9. The number of esters is 1. The first-order valence-corrected chi connectivity index (χ1v) is 11.5. The Hall–Kier alpha value is -1.95. The lowest BCUT2D eigenvalue weighted by Crippen LogP contribution is -2.59. The monoisotopic (exact) mass is 428 g/mol. The number of ketones is 1. The Balaban J connectivity index is 1.58. The summed E-state index contributed by atoms with van der Waals surface area (Å²) in [5.74, 6) is -0.620. The maximum atomic E-state index is 13.0. The molecule has 5 aliphatic carbocycles. The van der Waals surface area contributed by atoms with Crippen LogP contribution in [0.2, 0.25) is 0 Å². The zero-order chi connectivity index (χ0) is 22.3. The Labute approximate surface area is 182 Å². The van der Waals surface area contributed by atoms with Gasteiger partial charge in [0.05, 0.1) is 18.6 Å². The van der Waals surface area contributed by atoms with E-state index in [9.17, 15) is 24.6 Å². The molecule has 31 heavy (non-hydrogen) atoms. The van der Waals surface area contributed by atoms with Gasteiger partial charge in [-0.25, -0.2) is 0 Å². The van der Waals surface area contributed by atoms with Crippen molar-refractivity contribution in [3.8, 4) is 0 Å². The molecule has 0 heterocycles. The molecule has 0 radical (unpaired) electrons. The average Bonchev–Trinajstić information content (AvgIpc) is 3.48. The van der Waals surface area contributed by atoms with Gasteiger partial charge in [-0.3, -0.25) is 14.4 Å². The van der Waals surface area contributed by atoms with Crippen molar-refractivity contribution in [3.05, 3.63) is 23.8 Å². The van der Waals surface area contributed by atoms with E-state index in [0.717, 1.165) is 24.8 Å². The normalized spacial score (nSPS) is 49.3. The van der Waals surface area contributed by atoms with Gasteiger partial charge in [-0.15, -0.1) is 0 Å². The summed E-state index contributed by atoms with van der Waals surface area (Å²) in [6.45, 7) is 4.32. The van der Waals surface area contributed by atoms with Crippen LogP contribution in [0.15, 0.2) is 23.8 Å². The third-order valence-corrected chi connectivity index (χ3v) is 9.99. The molecule has 6 heteroatoms. The summed E-state index contributed by atoms with van der Waals surface area (Å²) in [4.78, 5) is 36.4. The van der Waals surface area contributed by atoms with E-state index < -0.39 is 17.0 Å². The van der Waals surface area contributed by atoms with Gasteiger partial charge >= 0.3 is 11.9 Å². The van der Waals surface area contributed by atoms with Crippen LogP contribution in [-0.4, -0.2) is 40.6 Å². The van der Waals surface area contributed by atoms with Gasteiger partial charge in [-0.2, -0.15) is 0 Å². The molecule has 0 amide bonds. The van der Waals surface area contributed by atoms with E-state index in [0.29, 0.717) is 12.3 Å². The number of carbonyl (C=O) groups excluding carboxylic acids is 2. The maximum Gasteiger partial charge on any atom is 0.309 e. The number of carbonyl (C=O) groups is 3. The lowest BCUT2D eigenvalue weighted by molar-refractivity contribution is -0.174. The van der Waals surface area contributed by atoms with Crippen molar-refractivity contribution >= 4 is 17.7 Å². The van der Waals surface area contributed by atoms with E-state index >= 15 is 0 Å². The van der Waals surface area contributed by atoms with Crippen LogP contribution in [0.5, 0.6) is 0 Å². The lowest BCUT2D eigenvalue weighted by Gasteiger charge is -2.61. The zero-order valence-electron chi connectivity index (χ0n) is 18.5. The van der Waals surface area contributed by atoms with Crippen molar-refractivity contribution in [1.29, 1.82) is 0 Å². The number of hydrogen-bond acceptors (Lipinski definition) is 5. The van der Waals surface area contributed by atoms with Gasteiger partial charge in [0.1, 0.15) is 0 Å². The smallest absolute Gasteiger partial charge is 0.309 e. The van der Waals surface area contributed by atoms with Gasteiger partial charge in [0.25, 0.3) is 0 Å². The minimum atomic E-state index is -0.998. The van der Waals surface area contributed by atoms with E-state index in [-0.39, 0.29) is 59.6 Å². The quantitative estimate of drug-likeness (QED) is 0.667. The van der Waals surface area contributed by atoms with Crippen LogP contribution in [0, 0.1) is 46.3 Å². The topological polar surface area (TPSA) is 101 Å². The van der Waals surface area contributed by atoms with Crippen LogP contribution >= 0.6 is 0 Å². The first-order valence-electron chi connectivity index (χ1n) is 11.5. The number of aliphatic carboxylic acids is 1. The molecule has 0 unspecified atom stereocenters. The third-order valence-electron chi connectivity index (χ3n) is 9.99. The fourth-order valence-corrected chi connectivity index (χ4v) is 8.48. The molecule has 168 valence electrons. The van der Waals surface area contributed by atoms with Crippen molar-refractivity contribution in [2.75, 3.05) is 7.11 Å². The average molecular weight is 429 g/mol. The Morgan fingerprint density at radius 2 is 2.00 bits per heavy atom. The van der Waals surface area contributed by atoms with Gasteiger partial charge in [0.15, 0.2) is 5.78 Å². The van der Waals surface area contributed by atoms with E-state index in [1.54, 1.807) is 12.2 Å². The Morgan fingerprint density at radius 1 is 1.26 bits per heavy atom. The van der Waals surface area contributed by atoms with Crippen LogP contribution in [-0.2, 0) is 19.1 Å². The molecule has 5 aliphatic rings. The molecular formula is C25H32O6. The maximum absolute atomic E-state index is 13.0. The summed E-state index contributed by atoms with van der Waals surface area (Å²) in [6, 6.07) is 0. The summed E-state index contributed by atoms with van der Waals surface area (Å²) >= 11 is 0. The number of allylic oxidation sites excluding steroid dienone is 4. The summed E-state index contributed by atoms with van der Waals surface area (Å²) in [5, 5.41) is 21.1. The highest BCUT2D eigenvalue weighted by Crippen LogP contribution is 2.77. The fraction of sp³-hybridized carbons (Fsp3) is 0.720. The highest BCUT2D eigenvalue weighted by molar-refractivity contribution is 6.01. The predicted molar refractivity (Wildman–Crippen MR) is 112 cm³/mol. The van der Waals surface area contributed by atoms with Gasteiger partial charge in [0, 0.05) is 17.3 Å². The van der Waals surface area contributed by atoms with Crippen LogP contribution in [0.1, 0.15) is 52.4 Å². The summed E-state index contributed by atoms with van der Waals surface area (Å²) in [6.07, 6.45) is 8.70. The number of aliphatic hydroxyl groups is 1. The van der Waals surface area contributed by atoms with E-state index in [1.807, 2.05) is 6.08 Å². The first-order chi connectivity index (χ1) is 14.6. The molecule has 0 saturated heterocycles. The summed E-state index contributed by atoms with van der Waals surface area (Å²) in [7, 11) is 1.42. The van der Waals surface area contributed by atoms with Crippen molar-refractivity contribution in [1.82, 2.24) is 0 Å². The van der Waals surface area contributed by atoms with Crippen molar-refractivity contribution in [2.24, 2.45) is 46.3 Å². The van der Waals surface area contributed by atoms with Crippen LogP contribution in [0.25, 0.3) is 0 Å². The van der Waals surface area contributed by atoms with Crippen LogP contribution in [0.4, 0.5) is 0 Å². The van der Waals surface area contributed by atoms with E-state index in [4.69, 9.17) is 4.74 Å². The lowest BCUT2D eigenvalue weighted by atomic mass is 9.44. The second-order valence-corrected chi connectivity index (χ2v) is 11.0. The molecule has 6 nitrogen and oxygen atoms in total. The molecule has 9 atom stereocenters. The van der Waals surface area contributed by atoms with Gasteiger partial charge in [-0.05, 0) is 73.8 Å². The number of ether oxygens (including phenoxy) is 1. The molecule has 5 rings (SSSR count). The van der Waals surface area contributed by atoms with Crippen LogP contribution in [0.3, 0.4) is 0 Å². The summed E-state index contributed by atoms with van der Waals surface area (Å²) < 4.78 is 5.23. The largest absolute Gasteiger partial charge is 0.481 e. The van der Waals surface area contributed by atoms with Crippen molar-refractivity contribution < 1.29 is 29.3 Å². The molecule has 0 aromatic heterocycles. The van der Waals surface area contributed by atoms with Crippen molar-refractivity contribution in [3.63, 3.8) is 0 Å². The second kappa shape index (κ2) is 6.53. The molecule has 4 fully saturated rings. The molecular weight excluding hydrogens is 396 g/mol. The molecule has 0 spiro atoms. The number of methoxy groups -OCH3 is 1. The van der Waals surface area contributed by atoms with Crippen LogP contribution < -0.4 is 0 Å². The standard InChI is InChI=1S/C25H32O6/c1-23-7-4-14(26)10-13(23)11-16(22(29)31-3)20-17(23)5-8-24(2)21(20)15-12-18(15)25(24,30)9-6-19(27)28/h4,7,10,15-18,20-21,30H,5-6,8-9,11-12H2,1-3H3,(H,27,28)/t15-,16-,17+,18+,20-,21+,23+,24+,25-/m1/s1. The highest BCUT2D eigenvalue weighted by atomic mass is 16.5. The minimum absolute atomic E-state index is 0.0265. The number of fused-ring (bicyclic) bond motifs is 7. The number of carboxylic acids is 1. The molecule has 4 saturated carbocycles.